The van der Waals surface area contributed by atoms with Gasteiger partial charge in [-0.15, -0.1) is 0 Å². The van der Waals surface area contributed by atoms with Gasteiger partial charge in [0, 0.05) is 65.8 Å². The lowest BCUT2D eigenvalue weighted by atomic mass is 10.0. The molecule has 0 atom stereocenters. The first-order valence-corrected chi connectivity index (χ1v) is 30.4. The molecule has 9 aromatic carbocycles. The fourth-order valence-electron chi connectivity index (χ4n) is 11.1. The highest BCUT2D eigenvalue weighted by molar-refractivity contribution is 6.90. The maximum atomic E-state index is 7.17. The summed E-state index contributed by atoms with van der Waals surface area (Å²) in [5.41, 5.74) is 13.5. The van der Waals surface area contributed by atoms with Crippen LogP contribution in [0.25, 0.3) is 82.0 Å². The largest absolute Gasteiger partial charge is 0.454 e. The summed E-state index contributed by atoms with van der Waals surface area (Å²) in [4.78, 5) is 5.04. The van der Waals surface area contributed by atoms with Crippen LogP contribution in [-0.2, 0) is 0 Å². The molecule has 13 aromatic rings. The number of anilines is 6. The average molecular weight is 900 g/mol. The quantitative estimate of drug-likeness (QED) is 0.142. The summed E-state index contributed by atoms with van der Waals surface area (Å²) >= 11 is 0. The molecule has 0 aliphatic rings. The molecule has 5 nitrogen and oxygen atoms in total. The SMILES string of the molecule is C[Si](C)(C)c1ccccc1N(c1ccccc1)c1cc2c3ccccc3oc2c2c1c1cccc3c4c(N(c5ccccc5)c5ccccc5[Si](C)(C)C)cc5c6ccccc6oc5c4n2c13. The highest BCUT2D eigenvalue weighted by Crippen LogP contribution is 2.54. The molecule has 0 N–H and O–H groups in total. The van der Waals surface area contributed by atoms with Crippen LogP contribution >= 0.6 is 0 Å². The summed E-state index contributed by atoms with van der Waals surface area (Å²) < 4.78 is 16.9. The fraction of sp³-hybridized carbons (Fsp3) is 0.100. The monoisotopic (exact) mass is 899 g/mol. The second-order valence-corrected chi connectivity index (χ2v) is 30.2. The number of aromatic nitrogens is 1. The van der Waals surface area contributed by atoms with Crippen LogP contribution in [-0.4, -0.2) is 20.5 Å². The van der Waals surface area contributed by atoms with Gasteiger partial charge in [-0.05, 0) is 71.0 Å². The first-order chi connectivity index (χ1) is 32.6. The molecule has 0 aliphatic carbocycles. The Balaban J connectivity index is 1.28. The van der Waals surface area contributed by atoms with Crippen molar-refractivity contribution < 1.29 is 8.83 Å². The Morgan fingerprint density at radius 1 is 0.343 bits per heavy atom. The van der Waals surface area contributed by atoms with Crippen molar-refractivity contribution in [1.82, 2.24) is 4.40 Å². The Labute approximate surface area is 391 Å². The molecule has 324 valence electrons. The Bertz CT molecular complexity index is 3820. The molecule has 4 heterocycles. The lowest BCUT2D eigenvalue weighted by Gasteiger charge is -2.32. The summed E-state index contributed by atoms with van der Waals surface area (Å²) in [7, 11) is -3.74. The molecule has 0 bridgehead atoms. The molecule has 0 saturated carbocycles. The first kappa shape index (κ1) is 39.8. The molecule has 0 unspecified atom stereocenters. The molecule has 0 fully saturated rings. The fourth-order valence-corrected chi connectivity index (χ4v) is 14.2. The van der Waals surface area contributed by atoms with Crippen molar-refractivity contribution in [1.29, 1.82) is 0 Å². The third-order valence-corrected chi connectivity index (χ3v) is 18.0. The van der Waals surface area contributed by atoms with Gasteiger partial charge in [-0.3, -0.25) is 0 Å². The molecular formula is C60H49N3O2Si2. The zero-order valence-electron chi connectivity index (χ0n) is 38.6. The number of rotatable bonds is 8. The third kappa shape index (κ3) is 5.84. The smallest absolute Gasteiger partial charge is 0.160 e. The van der Waals surface area contributed by atoms with E-state index in [4.69, 9.17) is 8.83 Å². The predicted octanol–water partition coefficient (Wildman–Crippen LogP) is 16.7. The lowest BCUT2D eigenvalue weighted by molar-refractivity contribution is 0.670. The minimum Gasteiger partial charge on any atom is -0.454 e. The van der Waals surface area contributed by atoms with Crippen molar-refractivity contribution in [3.05, 3.63) is 188 Å². The molecular weight excluding hydrogens is 851 g/mol. The van der Waals surface area contributed by atoms with E-state index in [1.165, 1.54) is 21.7 Å². The van der Waals surface area contributed by atoms with E-state index in [1.54, 1.807) is 0 Å². The molecule has 4 aromatic heterocycles. The number of benzene rings is 9. The number of fused-ring (bicyclic) bond motifs is 14. The Morgan fingerprint density at radius 3 is 1.15 bits per heavy atom. The van der Waals surface area contributed by atoms with Crippen LogP contribution in [0.5, 0.6) is 0 Å². The highest BCUT2D eigenvalue weighted by Gasteiger charge is 2.34. The summed E-state index contributed by atoms with van der Waals surface area (Å²) in [5.74, 6) is 0. The lowest BCUT2D eigenvalue weighted by Crippen LogP contribution is -2.40. The minimum atomic E-state index is -1.87. The number of furan rings is 2. The van der Waals surface area contributed by atoms with Crippen LogP contribution in [0.4, 0.5) is 34.1 Å². The van der Waals surface area contributed by atoms with E-state index in [-0.39, 0.29) is 0 Å². The van der Waals surface area contributed by atoms with E-state index < -0.39 is 16.1 Å². The van der Waals surface area contributed by atoms with Gasteiger partial charge in [0.25, 0.3) is 0 Å². The Morgan fingerprint density at radius 2 is 0.716 bits per heavy atom. The molecule has 67 heavy (non-hydrogen) atoms. The van der Waals surface area contributed by atoms with Gasteiger partial charge in [0.05, 0.1) is 33.0 Å². The van der Waals surface area contributed by atoms with Crippen LogP contribution < -0.4 is 20.2 Å². The molecule has 7 heteroatoms. The second-order valence-electron chi connectivity index (χ2n) is 20.1. The number of para-hydroxylation sites is 7. The molecule has 0 spiro atoms. The Hall–Kier alpha value is -7.59. The van der Waals surface area contributed by atoms with Gasteiger partial charge in [-0.1, -0.05) is 167 Å². The summed E-state index contributed by atoms with van der Waals surface area (Å²) in [6.07, 6.45) is 0. The van der Waals surface area contributed by atoms with Crippen molar-refractivity contribution in [2.75, 3.05) is 9.80 Å². The van der Waals surface area contributed by atoms with Gasteiger partial charge in [0.1, 0.15) is 22.2 Å². The Kier molecular flexibility index (Phi) is 8.58. The summed E-state index contributed by atoms with van der Waals surface area (Å²) in [6, 6.07) is 68.6. The summed E-state index contributed by atoms with van der Waals surface area (Å²) in [6.45, 7) is 14.7. The van der Waals surface area contributed by atoms with Crippen molar-refractivity contribution in [2.45, 2.75) is 39.3 Å². The van der Waals surface area contributed by atoms with E-state index >= 15 is 0 Å². The van der Waals surface area contributed by atoms with E-state index in [9.17, 15) is 0 Å². The van der Waals surface area contributed by atoms with Crippen molar-refractivity contribution in [3.8, 4) is 0 Å². The summed E-state index contributed by atoms with van der Waals surface area (Å²) in [5, 5.41) is 11.7. The molecule has 0 saturated heterocycles. The zero-order valence-corrected chi connectivity index (χ0v) is 40.6. The van der Waals surface area contributed by atoms with Crippen LogP contribution in [0, 0.1) is 0 Å². The number of nitrogens with zero attached hydrogens (tertiary/aromatic N) is 3. The average Bonchev–Trinajstić information content (AvgIpc) is 4.10. The van der Waals surface area contributed by atoms with Crippen molar-refractivity contribution in [3.63, 3.8) is 0 Å². The van der Waals surface area contributed by atoms with Crippen LogP contribution in [0.1, 0.15) is 0 Å². The molecule has 0 radical (unpaired) electrons. The molecule has 0 aliphatic heterocycles. The van der Waals surface area contributed by atoms with Crippen LogP contribution in [0.2, 0.25) is 39.3 Å². The molecule has 0 amide bonds. The predicted molar refractivity (Wildman–Crippen MR) is 291 cm³/mol. The number of hydrogen-bond donors (Lipinski definition) is 0. The minimum absolute atomic E-state index is 0.861. The molecule has 13 rings (SSSR count). The normalized spacial score (nSPS) is 12.6. The van der Waals surface area contributed by atoms with Gasteiger partial charge in [-0.25, -0.2) is 0 Å². The topological polar surface area (TPSA) is 37.2 Å². The van der Waals surface area contributed by atoms with Crippen molar-refractivity contribution >= 4 is 143 Å². The number of hydrogen-bond acceptors (Lipinski definition) is 4. The van der Waals surface area contributed by atoms with Gasteiger partial charge >= 0.3 is 0 Å². The van der Waals surface area contributed by atoms with E-state index in [2.05, 4.69) is 242 Å². The third-order valence-electron chi connectivity index (χ3n) is 13.9. The van der Waals surface area contributed by atoms with Gasteiger partial charge < -0.3 is 23.0 Å². The van der Waals surface area contributed by atoms with E-state index in [0.29, 0.717) is 0 Å². The first-order valence-electron chi connectivity index (χ1n) is 23.4. The van der Waals surface area contributed by atoms with E-state index in [0.717, 1.165) is 105 Å². The maximum absolute atomic E-state index is 7.17. The highest BCUT2D eigenvalue weighted by atomic mass is 28.3. The van der Waals surface area contributed by atoms with Crippen molar-refractivity contribution in [2.24, 2.45) is 0 Å². The zero-order chi connectivity index (χ0) is 45.3. The van der Waals surface area contributed by atoms with Gasteiger partial charge in [0.2, 0.25) is 0 Å². The standard InChI is InChI=1S/C60H49N3O2Si2/c1-66(2,3)52-34-19-15-30-46(52)61(38-22-9-7-10-23-38)48-36-44-40-26-13-17-32-50(40)64-59(44)57-54(48)42-28-21-29-43-55-49(37-45-41-27-14-18-33-51(41)65-60(45)58(55)63(57)56(42)43)62(39-24-11-8-12-25-39)47-31-16-20-35-53(47)67(4,5)6/h7-37H,1-6H3. The van der Waals surface area contributed by atoms with Crippen LogP contribution in [0.15, 0.2) is 197 Å². The van der Waals surface area contributed by atoms with Gasteiger partial charge in [0.15, 0.2) is 11.2 Å². The van der Waals surface area contributed by atoms with E-state index in [1.807, 2.05) is 0 Å². The van der Waals surface area contributed by atoms with Gasteiger partial charge in [-0.2, -0.15) is 0 Å². The van der Waals surface area contributed by atoms with Crippen LogP contribution in [0.3, 0.4) is 0 Å². The second kappa shape index (κ2) is 14.5. The maximum Gasteiger partial charge on any atom is 0.160 e.